The quantitative estimate of drug-likeness (QED) is 0.640. The van der Waals surface area contributed by atoms with E-state index in [4.69, 9.17) is 0 Å². The van der Waals surface area contributed by atoms with Crippen LogP contribution in [0.3, 0.4) is 0 Å². The fourth-order valence-corrected chi connectivity index (χ4v) is 6.69. The molecule has 1 heterocycles. The van der Waals surface area contributed by atoms with E-state index in [0.29, 0.717) is 24.0 Å². The molecule has 4 rings (SSSR count). The summed E-state index contributed by atoms with van der Waals surface area (Å²) in [6, 6.07) is 9.41. The van der Waals surface area contributed by atoms with Gasteiger partial charge in [-0.3, -0.25) is 0 Å². The van der Waals surface area contributed by atoms with Crippen LogP contribution in [0.25, 0.3) is 0 Å². The smallest absolute Gasteiger partial charge is 0.0648 e. The number of para-hydroxylation sites is 1. The maximum atomic E-state index is 9.38. The van der Waals surface area contributed by atoms with Crippen molar-refractivity contribution in [1.82, 2.24) is 0 Å². The molecule has 0 aromatic heterocycles. The number of nitrogens with one attached hydrogen (secondary N) is 1. The molecule has 1 fully saturated rings. The summed E-state index contributed by atoms with van der Waals surface area (Å²) in [4.78, 5) is 0. The lowest BCUT2D eigenvalue weighted by Gasteiger charge is -2.38. The minimum Gasteiger partial charge on any atom is -0.396 e. The van der Waals surface area contributed by atoms with E-state index >= 15 is 0 Å². The van der Waals surface area contributed by atoms with Gasteiger partial charge in [0.15, 0.2) is 0 Å². The van der Waals surface area contributed by atoms with Crippen molar-refractivity contribution in [3.05, 3.63) is 39.0 Å². The lowest BCUT2D eigenvalue weighted by atomic mass is 9.65. The highest BCUT2D eigenvalue weighted by molar-refractivity contribution is 14.1. The first-order chi connectivity index (χ1) is 11.3. The average molecular weight is 423 g/mol. The Kier molecular flexibility index (Phi) is 4.43. The Labute approximate surface area is 152 Å². The highest BCUT2D eigenvalue weighted by Gasteiger charge is 2.55. The summed E-state index contributed by atoms with van der Waals surface area (Å²) in [7, 11) is 0. The first-order valence-electron chi connectivity index (χ1n) is 9.13. The number of benzene rings is 1. The molecule has 0 radical (unpaired) electrons. The molecule has 0 saturated heterocycles. The normalized spacial score (nSPS) is 28.4. The van der Waals surface area contributed by atoms with Gasteiger partial charge in [-0.1, -0.05) is 49.5 Å². The molecule has 1 aromatic carbocycles. The molecule has 2 unspecified atom stereocenters. The standard InChI is InChI=1S/C20H26INO/c21-18-15(9-7-13-23)20(11-5-1-2-6-12-20)17-14-8-3-4-10-16(14)22-19(17)18/h3-4,8,10,17,19,22-23H,1-2,5-7,9,11-13H2. The van der Waals surface area contributed by atoms with Gasteiger partial charge in [0, 0.05) is 27.2 Å². The number of hydrogen-bond donors (Lipinski definition) is 2. The van der Waals surface area contributed by atoms with E-state index in [0.717, 1.165) is 12.8 Å². The van der Waals surface area contributed by atoms with Gasteiger partial charge in [0.25, 0.3) is 0 Å². The monoisotopic (exact) mass is 423 g/mol. The van der Waals surface area contributed by atoms with Gasteiger partial charge in [0.2, 0.25) is 0 Å². The Bertz CT molecular complexity index is 616. The highest BCUT2D eigenvalue weighted by Crippen LogP contribution is 2.65. The van der Waals surface area contributed by atoms with Crippen molar-refractivity contribution in [3.63, 3.8) is 0 Å². The second-order valence-corrected chi connectivity index (χ2v) is 8.57. The number of hydrogen-bond acceptors (Lipinski definition) is 2. The van der Waals surface area contributed by atoms with Gasteiger partial charge >= 0.3 is 0 Å². The number of halogens is 1. The molecule has 0 bridgehead atoms. The molecular formula is C20H26INO. The Morgan fingerprint density at radius 3 is 2.61 bits per heavy atom. The number of aliphatic hydroxyl groups excluding tert-OH is 1. The second kappa shape index (κ2) is 6.40. The first kappa shape index (κ1) is 15.9. The maximum Gasteiger partial charge on any atom is 0.0648 e. The zero-order valence-corrected chi connectivity index (χ0v) is 15.8. The molecule has 2 N–H and O–H groups in total. The summed E-state index contributed by atoms with van der Waals surface area (Å²) in [5.41, 5.74) is 4.90. The molecule has 1 aromatic rings. The van der Waals surface area contributed by atoms with Crippen molar-refractivity contribution in [2.45, 2.75) is 63.3 Å². The van der Waals surface area contributed by atoms with Crippen LogP contribution in [0.5, 0.6) is 0 Å². The van der Waals surface area contributed by atoms with Crippen molar-refractivity contribution in [3.8, 4) is 0 Å². The topological polar surface area (TPSA) is 32.3 Å². The third kappa shape index (κ3) is 2.46. The number of aliphatic hydroxyl groups is 1. The van der Waals surface area contributed by atoms with Crippen LogP contribution < -0.4 is 5.32 Å². The van der Waals surface area contributed by atoms with Crippen LogP contribution in [0.4, 0.5) is 5.69 Å². The van der Waals surface area contributed by atoms with Crippen LogP contribution in [-0.4, -0.2) is 17.8 Å². The minimum atomic E-state index is 0.308. The second-order valence-electron chi connectivity index (χ2n) is 7.41. The molecule has 1 aliphatic heterocycles. The predicted octanol–water partition coefficient (Wildman–Crippen LogP) is 5.38. The largest absolute Gasteiger partial charge is 0.396 e. The Morgan fingerprint density at radius 2 is 1.87 bits per heavy atom. The van der Waals surface area contributed by atoms with Gasteiger partial charge in [-0.05, 0) is 59.9 Å². The summed E-state index contributed by atoms with van der Waals surface area (Å²) < 4.78 is 1.54. The van der Waals surface area contributed by atoms with Gasteiger partial charge in [-0.15, -0.1) is 0 Å². The van der Waals surface area contributed by atoms with E-state index < -0.39 is 0 Å². The summed E-state index contributed by atoms with van der Waals surface area (Å²) in [5.74, 6) is 0.609. The molecule has 124 valence electrons. The van der Waals surface area contributed by atoms with E-state index in [-0.39, 0.29) is 0 Å². The van der Waals surface area contributed by atoms with E-state index in [1.54, 1.807) is 9.15 Å². The van der Waals surface area contributed by atoms with Crippen LogP contribution in [0.15, 0.2) is 33.4 Å². The molecule has 2 aliphatic carbocycles. The molecule has 3 aliphatic rings. The van der Waals surface area contributed by atoms with Gasteiger partial charge < -0.3 is 10.4 Å². The fraction of sp³-hybridized carbons (Fsp3) is 0.600. The average Bonchev–Trinajstić information content (AvgIpc) is 2.92. The summed E-state index contributed by atoms with van der Waals surface area (Å²) in [6.45, 7) is 0.308. The molecule has 2 nitrogen and oxygen atoms in total. The zero-order valence-electron chi connectivity index (χ0n) is 13.7. The Balaban J connectivity index is 1.80. The van der Waals surface area contributed by atoms with E-state index in [1.807, 2.05) is 0 Å². The van der Waals surface area contributed by atoms with Gasteiger partial charge in [0.1, 0.15) is 0 Å². The number of anilines is 1. The molecule has 1 saturated carbocycles. The van der Waals surface area contributed by atoms with Crippen molar-refractivity contribution in [2.75, 3.05) is 11.9 Å². The zero-order chi connectivity index (χ0) is 15.9. The van der Waals surface area contributed by atoms with Crippen LogP contribution in [-0.2, 0) is 0 Å². The van der Waals surface area contributed by atoms with Crippen LogP contribution in [0.1, 0.15) is 62.8 Å². The molecule has 0 amide bonds. The van der Waals surface area contributed by atoms with Crippen LogP contribution in [0.2, 0.25) is 0 Å². The van der Waals surface area contributed by atoms with Crippen LogP contribution >= 0.6 is 22.6 Å². The first-order valence-corrected chi connectivity index (χ1v) is 10.2. The molecule has 23 heavy (non-hydrogen) atoms. The Morgan fingerprint density at radius 1 is 1.13 bits per heavy atom. The Hall–Kier alpha value is -0.550. The number of fused-ring (bicyclic) bond motifs is 4. The van der Waals surface area contributed by atoms with Gasteiger partial charge in [0.05, 0.1) is 6.04 Å². The minimum absolute atomic E-state index is 0.308. The maximum absolute atomic E-state index is 9.38. The molecule has 1 spiro atoms. The molecular weight excluding hydrogens is 397 g/mol. The summed E-state index contributed by atoms with van der Waals surface area (Å²) >= 11 is 2.61. The highest BCUT2D eigenvalue weighted by atomic mass is 127. The SMILES string of the molecule is OCCCC1=C(I)C2Nc3ccccc3C2C12CCCCCC2. The van der Waals surface area contributed by atoms with Crippen molar-refractivity contribution < 1.29 is 5.11 Å². The summed E-state index contributed by atoms with van der Waals surface area (Å²) in [6.07, 6.45) is 10.1. The lowest BCUT2D eigenvalue weighted by Crippen LogP contribution is -2.30. The molecule has 3 heteroatoms. The van der Waals surface area contributed by atoms with Crippen LogP contribution in [0, 0.1) is 5.41 Å². The van der Waals surface area contributed by atoms with Crippen molar-refractivity contribution >= 4 is 28.3 Å². The fourth-order valence-electron chi connectivity index (χ4n) is 5.37. The van der Waals surface area contributed by atoms with E-state index in [2.05, 4.69) is 52.2 Å². The van der Waals surface area contributed by atoms with Crippen molar-refractivity contribution in [1.29, 1.82) is 0 Å². The lowest BCUT2D eigenvalue weighted by molar-refractivity contribution is 0.241. The van der Waals surface area contributed by atoms with E-state index in [1.165, 1.54) is 49.8 Å². The third-order valence-electron chi connectivity index (χ3n) is 6.28. The third-order valence-corrected chi connectivity index (χ3v) is 7.60. The number of rotatable bonds is 3. The van der Waals surface area contributed by atoms with Gasteiger partial charge in [-0.2, -0.15) is 0 Å². The van der Waals surface area contributed by atoms with E-state index in [9.17, 15) is 5.11 Å². The van der Waals surface area contributed by atoms with Gasteiger partial charge in [-0.25, -0.2) is 0 Å². The van der Waals surface area contributed by atoms with Crippen molar-refractivity contribution in [2.24, 2.45) is 5.41 Å². The number of allylic oxidation sites excluding steroid dienone is 1. The molecule has 2 atom stereocenters. The summed E-state index contributed by atoms with van der Waals surface area (Å²) in [5, 5.41) is 13.2. The predicted molar refractivity (Wildman–Crippen MR) is 104 cm³/mol.